The summed E-state index contributed by atoms with van der Waals surface area (Å²) in [7, 11) is -4.05. The molecule has 0 saturated carbocycles. The quantitative estimate of drug-likeness (QED) is 0.533. The van der Waals surface area contributed by atoms with Crippen LogP contribution in [0.25, 0.3) is 0 Å². The van der Waals surface area contributed by atoms with Crippen LogP contribution in [-0.4, -0.2) is 66.7 Å². The number of rotatable bonds is 9. The SMILES string of the molecule is CC1CN(Cc2ccc(F)cc2)CCN1C(=O)COc1ccc(Cl)cc1CCCS(=O)(=O)O. The van der Waals surface area contributed by atoms with Crippen LogP contribution < -0.4 is 4.74 Å². The number of piperazine rings is 1. The van der Waals surface area contributed by atoms with Crippen molar-refractivity contribution in [2.24, 2.45) is 0 Å². The zero-order chi connectivity index (χ0) is 24.0. The van der Waals surface area contributed by atoms with Crippen LogP contribution in [-0.2, 0) is 27.9 Å². The number of nitrogens with zero attached hydrogens (tertiary/aromatic N) is 2. The topological polar surface area (TPSA) is 87.2 Å². The van der Waals surface area contributed by atoms with Crippen molar-refractivity contribution in [3.05, 3.63) is 64.4 Å². The minimum atomic E-state index is -4.05. The summed E-state index contributed by atoms with van der Waals surface area (Å²) in [6.07, 6.45) is 0.541. The van der Waals surface area contributed by atoms with Gasteiger partial charge in [-0.1, -0.05) is 23.7 Å². The summed E-state index contributed by atoms with van der Waals surface area (Å²) in [5.41, 5.74) is 1.70. The van der Waals surface area contributed by atoms with Crippen molar-refractivity contribution < 1.29 is 26.9 Å². The fraction of sp³-hybridized carbons (Fsp3) is 0.435. The Morgan fingerprint density at radius 1 is 1.21 bits per heavy atom. The van der Waals surface area contributed by atoms with E-state index in [0.717, 1.165) is 5.56 Å². The van der Waals surface area contributed by atoms with Crippen molar-refractivity contribution in [3.63, 3.8) is 0 Å². The number of carbonyl (C=O) groups is 1. The molecule has 0 radical (unpaired) electrons. The van der Waals surface area contributed by atoms with Crippen molar-refractivity contribution >= 4 is 27.6 Å². The van der Waals surface area contributed by atoms with Crippen molar-refractivity contribution in [1.29, 1.82) is 0 Å². The standard InChI is InChI=1S/C23H28ClFN2O5S/c1-17-14-26(15-18-4-7-21(25)8-5-18)10-11-27(17)23(28)16-32-22-9-6-20(24)13-19(22)3-2-12-33(29,30)31/h4-9,13,17H,2-3,10-12,14-16H2,1H3,(H,29,30,31). The van der Waals surface area contributed by atoms with Gasteiger partial charge in [-0.2, -0.15) is 8.42 Å². The van der Waals surface area contributed by atoms with E-state index in [2.05, 4.69) is 4.90 Å². The van der Waals surface area contributed by atoms with Crippen LogP contribution in [0.5, 0.6) is 5.75 Å². The average Bonchev–Trinajstić information content (AvgIpc) is 2.74. The van der Waals surface area contributed by atoms with Gasteiger partial charge in [-0.25, -0.2) is 4.39 Å². The summed E-state index contributed by atoms with van der Waals surface area (Å²) in [5.74, 6) is -0.296. The minimum absolute atomic E-state index is 0.00486. The molecule has 1 N–H and O–H groups in total. The van der Waals surface area contributed by atoms with Gasteiger partial charge in [-0.15, -0.1) is 0 Å². The van der Waals surface area contributed by atoms with Gasteiger partial charge in [0.05, 0.1) is 5.75 Å². The predicted octanol–water partition coefficient (Wildman–Crippen LogP) is 3.41. The monoisotopic (exact) mass is 498 g/mol. The number of benzene rings is 2. The van der Waals surface area contributed by atoms with Gasteiger partial charge in [0.15, 0.2) is 6.61 Å². The number of hydrogen-bond donors (Lipinski definition) is 1. The van der Waals surface area contributed by atoms with Crippen molar-refractivity contribution in [1.82, 2.24) is 9.80 Å². The molecule has 1 amide bonds. The van der Waals surface area contributed by atoms with E-state index >= 15 is 0 Å². The molecule has 1 saturated heterocycles. The third kappa shape index (κ3) is 7.96. The lowest BCUT2D eigenvalue weighted by Gasteiger charge is -2.39. The van der Waals surface area contributed by atoms with Gasteiger partial charge in [-0.05, 0) is 61.2 Å². The summed E-state index contributed by atoms with van der Waals surface area (Å²) in [6.45, 7) is 4.50. The molecule has 0 spiro atoms. The molecular weight excluding hydrogens is 471 g/mol. The maximum atomic E-state index is 13.1. The summed E-state index contributed by atoms with van der Waals surface area (Å²) in [6, 6.07) is 11.4. The van der Waals surface area contributed by atoms with Crippen molar-refractivity contribution in [2.45, 2.75) is 32.4 Å². The molecule has 7 nitrogen and oxygen atoms in total. The minimum Gasteiger partial charge on any atom is -0.483 e. The van der Waals surface area contributed by atoms with Gasteiger partial charge in [0, 0.05) is 37.2 Å². The number of ether oxygens (including phenoxy) is 1. The number of hydrogen-bond acceptors (Lipinski definition) is 5. The zero-order valence-electron chi connectivity index (χ0n) is 18.4. The normalized spacial score (nSPS) is 17.2. The highest BCUT2D eigenvalue weighted by molar-refractivity contribution is 7.85. The Balaban J connectivity index is 1.53. The maximum absolute atomic E-state index is 13.1. The Morgan fingerprint density at radius 3 is 2.61 bits per heavy atom. The van der Waals surface area contributed by atoms with Crippen LogP contribution in [0.15, 0.2) is 42.5 Å². The molecule has 1 aliphatic heterocycles. The first-order chi connectivity index (χ1) is 15.6. The van der Waals surface area contributed by atoms with Gasteiger partial charge >= 0.3 is 0 Å². The van der Waals surface area contributed by atoms with E-state index in [-0.39, 0.29) is 36.5 Å². The highest BCUT2D eigenvalue weighted by Gasteiger charge is 2.27. The summed E-state index contributed by atoms with van der Waals surface area (Å²) < 4.78 is 49.7. The van der Waals surface area contributed by atoms with Crippen LogP contribution in [0.2, 0.25) is 5.02 Å². The largest absolute Gasteiger partial charge is 0.483 e. The first-order valence-electron chi connectivity index (χ1n) is 10.7. The molecule has 1 unspecified atom stereocenters. The number of halogens is 2. The fourth-order valence-corrected chi connectivity index (χ4v) is 4.65. The Labute approximate surface area is 198 Å². The van der Waals surface area contributed by atoms with E-state index < -0.39 is 10.1 Å². The lowest BCUT2D eigenvalue weighted by Crippen LogP contribution is -2.54. The molecule has 10 heteroatoms. The molecule has 1 fully saturated rings. The Kier molecular flexibility index (Phi) is 8.69. The van der Waals surface area contributed by atoms with E-state index in [1.807, 2.05) is 6.92 Å². The predicted molar refractivity (Wildman–Crippen MR) is 125 cm³/mol. The first kappa shape index (κ1) is 25.4. The highest BCUT2D eigenvalue weighted by atomic mass is 35.5. The second-order valence-corrected chi connectivity index (χ2v) is 10.2. The zero-order valence-corrected chi connectivity index (χ0v) is 20.0. The molecule has 1 aliphatic rings. The molecule has 3 rings (SSSR count). The molecule has 33 heavy (non-hydrogen) atoms. The lowest BCUT2D eigenvalue weighted by molar-refractivity contribution is -0.138. The molecule has 1 atom stereocenters. The van der Waals surface area contributed by atoms with E-state index in [9.17, 15) is 17.6 Å². The van der Waals surface area contributed by atoms with Crippen LogP contribution in [0.3, 0.4) is 0 Å². The molecule has 1 heterocycles. The van der Waals surface area contributed by atoms with Gasteiger partial charge in [0.25, 0.3) is 16.0 Å². The second-order valence-electron chi connectivity index (χ2n) is 8.23. The summed E-state index contributed by atoms with van der Waals surface area (Å²) in [4.78, 5) is 16.8. The fourth-order valence-electron chi connectivity index (χ4n) is 3.95. The molecule has 2 aromatic carbocycles. The molecular formula is C23H28ClFN2O5S. The molecule has 2 aromatic rings. The van der Waals surface area contributed by atoms with Crippen molar-refractivity contribution in [2.75, 3.05) is 32.0 Å². The first-order valence-corrected chi connectivity index (χ1v) is 12.7. The van der Waals surface area contributed by atoms with Crippen LogP contribution in [0, 0.1) is 5.82 Å². The third-order valence-electron chi connectivity index (χ3n) is 5.57. The van der Waals surface area contributed by atoms with Gasteiger partial charge < -0.3 is 9.64 Å². The van der Waals surface area contributed by atoms with Crippen LogP contribution in [0.1, 0.15) is 24.5 Å². The van der Waals surface area contributed by atoms with Gasteiger partial charge in [0.1, 0.15) is 11.6 Å². The Bertz CT molecular complexity index is 1070. The number of amides is 1. The molecule has 180 valence electrons. The van der Waals surface area contributed by atoms with Gasteiger partial charge in [-0.3, -0.25) is 14.2 Å². The van der Waals surface area contributed by atoms with Gasteiger partial charge in [0.2, 0.25) is 0 Å². The van der Waals surface area contributed by atoms with Crippen LogP contribution in [0.4, 0.5) is 4.39 Å². The number of aryl methyl sites for hydroxylation is 1. The molecule has 0 aliphatic carbocycles. The van der Waals surface area contributed by atoms with E-state index in [1.54, 1.807) is 35.2 Å². The Morgan fingerprint density at radius 2 is 1.94 bits per heavy atom. The van der Waals surface area contributed by atoms with E-state index in [0.29, 0.717) is 48.9 Å². The Hall–Kier alpha value is -2.20. The molecule has 0 bridgehead atoms. The van der Waals surface area contributed by atoms with E-state index in [4.69, 9.17) is 20.9 Å². The smallest absolute Gasteiger partial charge is 0.264 e. The van der Waals surface area contributed by atoms with E-state index in [1.165, 1.54) is 12.1 Å². The highest BCUT2D eigenvalue weighted by Crippen LogP contribution is 2.25. The second kappa shape index (κ2) is 11.3. The maximum Gasteiger partial charge on any atom is 0.264 e. The molecule has 0 aromatic heterocycles. The average molecular weight is 499 g/mol. The third-order valence-corrected chi connectivity index (χ3v) is 6.61. The number of carbonyl (C=O) groups excluding carboxylic acids is 1. The summed E-state index contributed by atoms with van der Waals surface area (Å²) in [5, 5.41) is 0.474. The summed E-state index contributed by atoms with van der Waals surface area (Å²) >= 11 is 6.05. The lowest BCUT2D eigenvalue weighted by atomic mass is 10.1. The van der Waals surface area contributed by atoms with Crippen LogP contribution >= 0.6 is 11.6 Å². The van der Waals surface area contributed by atoms with Crippen molar-refractivity contribution in [3.8, 4) is 5.75 Å².